The highest BCUT2D eigenvalue weighted by molar-refractivity contribution is 6.08. The zero-order valence-electron chi connectivity index (χ0n) is 20.1. The van der Waals surface area contributed by atoms with Crippen LogP contribution in [0.5, 0.6) is 5.75 Å². The number of carbonyl (C=O) groups is 5. The molecule has 9 nitrogen and oxygen atoms in total. The number of hydrogen-bond acceptors (Lipinski definition) is 6. The number of nitrogens with zero attached hydrogens (tertiary/aromatic N) is 2. The van der Waals surface area contributed by atoms with Crippen LogP contribution in [0.25, 0.3) is 0 Å². The van der Waals surface area contributed by atoms with Gasteiger partial charge in [0.25, 0.3) is 5.91 Å². The zero-order valence-corrected chi connectivity index (χ0v) is 20.1. The lowest BCUT2D eigenvalue weighted by Crippen LogP contribution is -2.52. The van der Waals surface area contributed by atoms with Crippen molar-refractivity contribution in [2.45, 2.75) is 64.5 Å². The van der Waals surface area contributed by atoms with Crippen molar-refractivity contribution in [1.29, 1.82) is 0 Å². The van der Waals surface area contributed by atoms with Gasteiger partial charge in [-0.2, -0.15) is 0 Å². The quantitative estimate of drug-likeness (QED) is 0.522. The average molecular weight is 482 g/mol. The molecule has 1 saturated carbocycles. The van der Waals surface area contributed by atoms with E-state index in [9.17, 15) is 24.0 Å². The van der Waals surface area contributed by atoms with Gasteiger partial charge in [-0.3, -0.25) is 28.9 Å². The van der Waals surface area contributed by atoms with E-state index in [0.29, 0.717) is 42.9 Å². The van der Waals surface area contributed by atoms with Gasteiger partial charge in [-0.25, -0.2) is 0 Å². The van der Waals surface area contributed by atoms with Crippen molar-refractivity contribution >= 4 is 35.1 Å². The number of imide groups is 1. The van der Waals surface area contributed by atoms with Crippen LogP contribution in [-0.2, 0) is 19.2 Å². The van der Waals surface area contributed by atoms with Gasteiger partial charge in [0.1, 0.15) is 11.8 Å². The number of rotatable bonds is 4. The first-order valence-corrected chi connectivity index (χ1v) is 12.6. The molecule has 186 valence electrons. The Hall–Kier alpha value is -3.23. The van der Waals surface area contributed by atoms with E-state index in [1.807, 2.05) is 0 Å². The molecule has 0 spiro atoms. The number of carbonyl (C=O) groups excluding carboxylic acids is 5. The van der Waals surface area contributed by atoms with Crippen LogP contribution < -0.4 is 10.1 Å². The first kappa shape index (κ1) is 23.5. The highest BCUT2D eigenvalue weighted by Gasteiger charge is 2.51. The number of piperidine rings is 1. The summed E-state index contributed by atoms with van der Waals surface area (Å²) in [5, 5.41) is 2.77. The summed E-state index contributed by atoms with van der Waals surface area (Å²) in [4.78, 5) is 66.8. The smallest absolute Gasteiger partial charge is 0.265 e. The van der Waals surface area contributed by atoms with Gasteiger partial charge in [-0.05, 0) is 57.7 Å². The second-order valence-corrected chi connectivity index (χ2v) is 10.1. The van der Waals surface area contributed by atoms with E-state index in [1.165, 1.54) is 4.90 Å². The molecule has 4 amide bonds. The molecule has 3 aliphatic heterocycles. The number of fused-ring (bicyclic) bond motifs is 2. The first-order chi connectivity index (χ1) is 16.8. The molecule has 1 aliphatic carbocycles. The van der Waals surface area contributed by atoms with Crippen LogP contribution in [0.15, 0.2) is 18.2 Å². The summed E-state index contributed by atoms with van der Waals surface area (Å²) in [6.07, 6.45) is 3.75. The van der Waals surface area contributed by atoms with Crippen molar-refractivity contribution in [2.24, 2.45) is 17.8 Å². The van der Waals surface area contributed by atoms with Crippen LogP contribution >= 0.6 is 0 Å². The van der Waals surface area contributed by atoms with E-state index < -0.39 is 12.1 Å². The molecule has 4 unspecified atom stereocenters. The normalized spacial score (nSPS) is 27.6. The van der Waals surface area contributed by atoms with Crippen molar-refractivity contribution in [3.8, 4) is 5.75 Å². The Labute approximate surface area is 204 Å². The van der Waals surface area contributed by atoms with Crippen molar-refractivity contribution in [3.63, 3.8) is 0 Å². The largest absolute Gasteiger partial charge is 0.479 e. The SMILES string of the molecule is CC1Oc2ccc(C(=O)C3CCN(C(=O)C(C)N4C(=O)C5CCCCC5C4=O)CC3)cc2NC1=O. The van der Waals surface area contributed by atoms with Gasteiger partial charge in [0, 0.05) is 24.6 Å². The lowest BCUT2D eigenvalue weighted by atomic mass is 9.81. The number of amides is 4. The number of ether oxygens (including phenoxy) is 1. The van der Waals surface area contributed by atoms with E-state index in [0.717, 1.165) is 25.7 Å². The Balaban J connectivity index is 1.20. The molecular weight excluding hydrogens is 450 g/mol. The summed E-state index contributed by atoms with van der Waals surface area (Å²) in [5.74, 6) is -1.19. The molecule has 3 heterocycles. The molecule has 5 rings (SSSR count). The van der Waals surface area contributed by atoms with Crippen LogP contribution in [0.2, 0.25) is 0 Å². The lowest BCUT2D eigenvalue weighted by molar-refractivity contribution is -0.151. The van der Waals surface area contributed by atoms with Gasteiger partial charge in [-0.1, -0.05) is 12.8 Å². The van der Waals surface area contributed by atoms with Crippen LogP contribution in [0, 0.1) is 17.8 Å². The predicted molar refractivity (Wildman–Crippen MR) is 126 cm³/mol. The second kappa shape index (κ2) is 9.09. The number of nitrogens with one attached hydrogen (secondary N) is 1. The highest BCUT2D eigenvalue weighted by atomic mass is 16.5. The Morgan fingerprint density at radius 3 is 2.26 bits per heavy atom. The number of anilines is 1. The first-order valence-electron chi connectivity index (χ1n) is 12.6. The van der Waals surface area contributed by atoms with Crippen LogP contribution in [0.1, 0.15) is 62.7 Å². The summed E-state index contributed by atoms with van der Waals surface area (Å²) >= 11 is 0. The zero-order chi connectivity index (χ0) is 24.9. The molecular formula is C26H31N3O6. The van der Waals surface area contributed by atoms with Crippen molar-refractivity contribution in [1.82, 2.24) is 9.80 Å². The van der Waals surface area contributed by atoms with E-state index in [2.05, 4.69) is 5.32 Å². The maximum atomic E-state index is 13.2. The molecule has 1 aromatic rings. The number of Topliss-reactive ketones (excluding diaryl/α,β-unsaturated/α-hetero) is 1. The third-order valence-corrected chi connectivity index (χ3v) is 7.99. The predicted octanol–water partition coefficient (Wildman–Crippen LogP) is 2.39. The molecule has 0 radical (unpaired) electrons. The summed E-state index contributed by atoms with van der Waals surface area (Å²) in [5.41, 5.74) is 0.983. The maximum absolute atomic E-state index is 13.2. The number of hydrogen-bond donors (Lipinski definition) is 1. The highest BCUT2D eigenvalue weighted by Crippen LogP contribution is 2.39. The van der Waals surface area contributed by atoms with Crippen molar-refractivity contribution < 1.29 is 28.7 Å². The Morgan fingerprint density at radius 1 is 1.00 bits per heavy atom. The molecule has 4 atom stereocenters. The molecule has 0 bridgehead atoms. The van der Waals surface area contributed by atoms with E-state index >= 15 is 0 Å². The van der Waals surface area contributed by atoms with E-state index in [-0.39, 0.29) is 47.2 Å². The second-order valence-electron chi connectivity index (χ2n) is 10.1. The van der Waals surface area contributed by atoms with Gasteiger partial charge < -0.3 is 15.0 Å². The number of ketones is 1. The van der Waals surface area contributed by atoms with Crippen molar-refractivity contribution in [2.75, 3.05) is 18.4 Å². The molecule has 1 N–H and O–H groups in total. The fourth-order valence-corrected chi connectivity index (χ4v) is 5.90. The fourth-order valence-electron chi connectivity index (χ4n) is 5.90. The number of benzene rings is 1. The molecule has 4 aliphatic rings. The Morgan fingerprint density at radius 2 is 1.63 bits per heavy atom. The number of likely N-dealkylation sites (tertiary alicyclic amines) is 2. The third-order valence-electron chi connectivity index (χ3n) is 7.99. The average Bonchev–Trinajstić information content (AvgIpc) is 3.13. The summed E-state index contributed by atoms with van der Waals surface area (Å²) in [6, 6.07) is 4.22. The molecule has 0 aromatic heterocycles. The third kappa shape index (κ3) is 4.10. The van der Waals surface area contributed by atoms with Gasteiger partial charge in [-0.15, -0.1) is 0 Å². The van der Waals surface area contributed by atoms with Gasteiger partial charge >= 0.3 is 0 Å². The topological polar surface area (TPSA) is 113 Å². The maximum Gasteiger partial charge on any atom is 0.265 e. The minimum atomic E-state index is -0.820. The van der Waals surface area contributed by atoms with Gasteiger partial charge in [0.05, 0.1) is 17.5 Å². The van der Waals surface area contributed by atoms with Gasteiger partial charge in [0.15, 0.2) is 11.9 Å². The molecule has 35 heavy (non-hydrogen) atoms. The minimum absolute atomic E-state index is 0.0326. The monoisotopic (exact) mass is 481 g/mol. The Bertz CT molecular complexity index is 1070. The lowest BCUT2D eigenvalue weighted by Gasteiger charge is -2.35. The minimum Gasteiger partial charge on any atom is -0.479 e. The molecule has 1 aromatic carbocycles. The summed E-state index contributed by atoms with van der Waals surface area (Å²) in [6.45, 7) is 4.09. The van der Waals surface area contributed by atoms with Crippen LogP contribution in [0.4, 0.5) is 5.69 Å². The fraction of sp³-hybridized carbons (Fsp3) is 0.577. The van der Waals surface area contributed by atoms with Crippen LogP contribution in [-0.4, -0.2) is 64.4 Å². The van der Waals surface area contributed by atoms with Gasteiger partial charge in [0.2, 0.25) is 17.7 Å². The Kier molecular flexibility index (Phi) is 6.11. The summed E-state index contributed by atoms with van der Waals surface area (Å²) in [7, 11) is 0. The molecule has 2 saturated heterocycles. The standard InChI is InChI=1S/C26H31N3O6/c1-14(29-25(33)18-5-3-4-6-19(18)26(29)34)24(32)28-11-9-16(10-12-28)22(30)17-7-8-21-20(13-17)27-23(31)15(2)35-21/h7-8,13-16,18-19H,3-6,9-12H2,1-2H3,(H,27,31). The van der Waals surface area contributed by atoms with E-state index in [4.69, 9.17) is 4.74 Å². The van der Waals surface area contributed by atoms with E-state index in [1.54, 1.807) is 36.9 Å². The van der Waals surface area contributed by atoms with Crippen molar-refractivity contribution in [3.05, 3.63) is 23.8 Å². The molecule has 3 fully saturated rings. The molecule has 9 heteroatoms. The van der Waals surface area contributed by atoms with Crippen LogP contribution in [0.3, 0.4) is 0 Å². The summed E-state index contributed by atoms with van der Waals surface area (Å²) < 4.78 is 5.56.